The summed E-state index contributed by atoms with van der Waals surface area (Å²) in [6, 6.07) is 7.02. The maximum atomic E-state index is 12.4. The molecule has 9 heteroatoms. The maximum absolute atomic E-state index is 12.4. The second-order valence-electron chi connectivity index (χ2n) is 5.92. The van der Waals surface area contributed by atoms with Gasteiger partial charge in [0.15, 0.2) is 5.75 Å². The molecule has 2 aromatic carbocycles. The highest BCUT2D eigenvalue weighted by molar-refractivity contribution is 9.11. The number of hydrogen-bond donors (Lipinski definition) is 3. The third-order valence-electron chi connectivity index (χ3n) is 3.86. The number of esters is 1. The molecular formula is C20H19Br2NO6. The van der Waals surface area contributed by atoms with E-state index in [1.165, 1.54) is 31.4 Å². The third-order valence-corrected chi connectivity index (χ3v) is 5.04. The molecule has 2 aromatic rings. The predicted octanol–water partition coefficient (Wildman–Crippen LogP) is 3.70. The molecule has 2 rings (SSSR count). The van der Waals surface area contributed by atoms with Gasteiger partial charge in [0, 0.05) is 0 Å². The Balaban J connectivity index is 2.27. The van der Waals surface area contributed by atoms with Crippen molar-refractivity contribution in [3.63, 3.8) is 0 Å². The molecular weight excluding hydrogens is 510 g/mol. The second kappa shape index (κ2) is 10.4. The number of amides is 1. The largest absolute Gasteiger partial charge is 0.507 e. The van der Waals surface area contributed by atoms with Crippen molar-refractivity contribution in [3.05, 3.63) is 63.1 Å². The number of halogens is 2. The normalized spacial score (nSPS) is 11.4. The number of hydrogen-bond acceptors (Lipinski definition) is 6. The predicted molar refractivity (Wildman–Crippen MR) is 114 cm³/mol. The Bertz CT molecular complexity index is 908. The van der Waals surface area contributed by atoms with Gasteiger partial charge < -0.3 is 25.0 Å². The number of phenols is 1. The van der Waals surface area contributed by atoms with Gasteiger partial charge in [0.1, 0.15) is 11.5 Å². The Hall–Kier alpha value is -2.36. The van der Waals surface area contributed by atoms with Crippen LogP contribution in [-0.2, 0) is 16.0 Å². The number of phenolic OH excluding ortho intramolecular Hbond substituents is 1. The first kappa shape index (κ1) is 22.9. The summed E-state index contributed by atoms with van der Waals surface area (Å²) >= 11 is 6.81. The molecule has 0 aromatic heterocycles. The van der Waals surface area contributed by atoms with E-state index in [2.05, 4.69) is 48.5 Å². The van der Waals surface area contributed by atoms with Crippen molar-refractivity contribution >= 4 is 43.7 Å². The monoisotopic (exact) mass is 527 g/mol. The molecule has 154 valence electrons. The first-order chi connectivity index (χ1) is 13.8. The number of aromatic hydroxyl groups is 1. The molecule has 0 saturated heterocycles. The van der Waals surface area contributed by atoms with Gasteiger partial charge in [-0.15, -0.1) is 6.58 Å². The summed E-state index contributed by atoms with van der Waals surface area (Å²) in [6.07, 6.45) is 1.49. The summed E-state index contributed by atoms with van der Waals surface area (Å²) < 4.78 is 11.7. The first-order valence-corrected chi connectivity index (χ1v) is 9.97. The Morgan fingerprint density at radius 3 is 2.45 bits per heavy atom. The summed E-state index contributed by atoms with van der Waals surface area (Å²) in [5.74, 6) is -0.461. The molecule has 0 saturated carbocycles. The van der Waals surface area contributed by atoms with E-state index in [1.54, 1.807) is 12.1 Å². The van der Waals surface area contributed by atoms with Gasteiger partial charge >= 0.3 is 5.97 Å². The van der Waals surface area contributed by atoms with Crippen LogP contribution in [0.4, 0.5) is 0 Å². The fourth-order valence-corrected chi connectivity index (χ4v) is 3.80. The van der Waals surface area contributed by atoms with Gasteiger partial charge in [-0.25, -0.2) is 0 Å². The summed E-state index contributed by atoms with van der Waals surface area (Å²) in [5, 5.41) is 21.7. The molecule has 1 atom stereocenters. The average molecular weight is 529 g/mol. The van der Waals surface area contributed by atoms with Crippen LogP contribution in [0.5, 0.6) is 17.2 Å². The third kappa shape index (κ3) is 6.06. The minimum atomic E-state index is -0.642. The Morgan fingerprint density at radius 1 is 1.24 bits per heavy atom. The highest BCUT2D eigenvalue weighted by Gasteiger charge is 2.17. The molecule has 0 aliphatic heterocycles. The van der Waals surface area contributed by atoms with Crippen molar-refractivity contribution in [2.45, 2.75) is 12.5 Å². The van der Waals surface area contributed by atoms with E-state index in [0.717, 1.165) is 0 Å². The van der Waals surface area contributed by atoms with Crippen molar-refractivity contribution in [1.82, 2.24) is 5.32 Å². The average Bonchev–Trinajstić information content (AvgIpc) is 2.69. The molecule has 29 heavy (non-hydrogen) atoms. The van der Waals surface area contributed by atoms with E-state index >= 15 is 0 Å². The fourth-order valence-electron chi connectivity index (χ4n) is 2.35. The van der Waals surface area contributed by atoms with Crippen LogP contribution in [0.25, 0.3) is 0 Å². The van der Waals surface area contributed by atoms with Crippen LogP contribution in [0.2, 0.25) is 0 Å². The summed E-state index contributed by atoms with van der Waals surface area (Å²) in [6.45, 7) is 3.21. The van der Waals surface area contributed by atoms with E-state index in [-0.39, 0.29) is 30.3 Å². The molecule has 0 bridgehead atoms. The highest BCUT2D eigenvalue weighted by Crippen LogP contribution is 2.38. The molecule has 1 amide bonds. The number of aliphatic hydroxyl groups is 1. The summed E-state index contributed by atoms with van der Waals surface area (Å²) in [7, 11) is 1.32. The molecule has 0 aliphatic carbocycles. The van der Waals surface area contributed by atoms with Crippen molar-refractivity contribution in [3.8, 4) is 17.2 Å². The van der Waals surface area contributed by atoms with Gasteiger partial charge in [0.25, 0.3) is 5.91 Å². The zero-order valence-corrected chi connectivity index (χ0v) is 18.6. The van der Waals surface area contributed by atoms with Crippen molar-refractivity contribution in [2.75, 3.05) is 13.7 Å². The zero-order chi connectivity index (χ0) is 21.6. The van der Waals surface area contributed by atoms with Gasteiger partial charge in [-0.2, -0.15) is 0 Å². The number of ether oxygens (including phenoxy) is 2. The molecule has 0 unspecified atom stereocenters. The summed E-state index contributed by atoms with van der Waals surface area (Å²) in [4.78, 5) is 23.8. The minimum absolute atomic E-state index is 0.0163. The number of aliphatic hydroxyl groups excluding tert-OH is 1. The molecule has 0 fully saturated rings. The van der Waals surface area contributed by atoms with Crippen LogP contribution in [0, 0.1) is 0 Å². The van der Waals surface area contributed by atoms with Crippen LogP contribution < -0.4 is 10.1 Å². The molecule has 0 spiro atoms. The van der Waals surface area contributed by atoms with Crippen LogP contribution >= 0.6 is 31.9 Å². The minimum Gasteiger partial charge on any atom is -0.507 e. The number of benzene rings is 2. The standard InChI is InChI=1S/C20H19Br2NO6/c1-3-12(10-24)23-20(27)14-9-13(4-5-17(14)25)29-19-15(21)6-11(7-16(19)22)8-18(26)28-2/h3-7,9,12,24-25H,1,8,10H2,2H3,(H,23,27)/t12-/m0/s1. The van der Waals surface area contributed by atoms with Gasteiger partial charge in [0.2, 0.25) is 0 Å². The Labute approximate surface area is 184 Å². The fraction of sp³-hybridized carbons (Fsp3) is 0.200. The van der Waals surface area contributed by atoms with E-state index in [9.17, 15) is 19.8 Å². The van der Waals surface area contributed by atoms with E-state index in [1.807, 2.05) is 0 Å². The van der Waals surface area contributed by atoms with Crippen LogP contribution in [0.15, 0.2) is 51.9 Å². The molecule has 7 nitrogen and oxygen atoms in total. The molecule has 0 aliphatic rings. The lowest BCUT2D eigenvalue weighted by Crippen LogP contribution is -2.35. The van der Waals surface area contributed by atoms with Crippen LogP contribution in [-0.4, -0.2) is 41.8 Å². The topological polar surface area (TPSA) is 105 Å². The summed E-state index contributed by atoms with van der Waals surface area (Å²) in [5.41, 5.74) is 0.700. The highest BCUT2D eigenvalue weighted by atomic mass is 79.9. The van der Waals surface area contributed by atoms with Crippen LogP contribution in [0.1, 0.15) is 15.9 Å². The number of rotatable bonds is 8. The van der Waals surface area contributed by atoms with Gasteiger partial charge in [-0.05, 0) is 67.8 Å². The Kier molecular flexibility index (Phi) is 8.24. The zero-order valence-electron chi connectivity index (χ0n) is 15.4. The molecule has 3 N–H and O–H groups in total. The first-order valence-electron chi connectivity index (χ1n) is 8.39. The lowest BCUT2D eigenvalue weighted by atomic mass is 10.1. The second-order valence-corrected chi connectivity index (χ2v) is 7.63. The number of carbonyl (C=O) groups excluding carboxylic acids is 2. The van der Waals surface area contributed by atoms with Gasteiger partial charge in [-0.1, -0.05) is 6.08 Å². The Morgan fingerprint density at radius 2 is 1.90 bits per heavy atom. The quantitative estimate of drug-likeness (QED) is 0.356. The smallest absolute Gasteiger partial charge is 0.309 e. The number of carbonyl (C=O) groups is 2. The van der Waals surface area contributed by atoms with E-state index < -0.39 is 11.9 Å². The van der Waals surface area contributed by atoms with E-state index in [4.69, 9.17) is 4.74 Å². The lowest BCUT2D eigenvalue weighted by molar-refractivity contribution is -0.139. The van der Waals surface area contributed by atoms with Crippen LogP contribution in [0.3, 0.4) is 0 Å². The van der Waals surface area contributed by atoms with Crippen molar-refractivity contribution in [1.29, 1.82) is 0 Å². The molecule has 0 heterocycles. The van der Waals surface area contributed by atoms with Crippen molar-refractivity contribution < 1.29 is 29.3 Å². The lowest BCUT2D eigenvalue weighted by Gasteiger charge is -2.15. The van der Waals surface area contributed by atoms with Crippen molar-refractivity contribution in [2.24, 2.45) is 0 Å². The number of methoxy groups -OCH3 is 1. The molecule has 0 radical (unpaired) electrons. The maximum Gasteiger partial charge on any atom is 0.309 e. The number of nitrogens with one attached hydrogen (secondary N) is 1. The van der Waals surface area contributed by atoms with Gasteiger partial charge in [0.05, 0.1) is 40.7 Å². The SMILES string of the molecule is C=C[C@@H](CO)NC(=O)c1cc(Oc2c(Br)cc(CC(=O)OC)cc2Br)ccc1O. The van der Waals surface area contributed by atoms with Gasteiger partial charge in [-0.3, -0.25) is 9.59 Å². The van der Waals surface area contributed by atoms with E-state index in [0.29, 0.717) is 26.0 Å².